The molecule has 1 aromatic heterocycles. The molecule has 24 heavy (non-hydrogen) atoms. The molecular formula is C17H19BrClN3O2. The molecule has 1 aromatic carbocycles. The summed E-state index contributed by atoms with van der Waals surface area (Å²) in [7, 11) is 0. The van der Waals surface area contributed by atoms with Gasteiger partial charge in [0.05, 0.1) is 19.3 Å². The summed E-state index contributed by atoms with van der Waals surface area (Å²) in [5.41, 5.74) is 1.55. The first-order chi connectivity index (χ1) is 11.6. The quantitative estimate of drug-likeness (QED) is 0.793. The van der Waals surface area contributed by atoms with Crippen LogP contribution in [-0.2, 0) is 4.74 Å². The molecule has 1 atom stereocenters. The first kappa shape index (κ1) is 17.5. The van der Waals surface area contributed by atoms with Crippen LogP contribution < -0.4 is 5.32 Å². The predicted octanol–water partition coefficient (Wildman–Crippen LogP) is 3.23. The van der Waals surface area contributed by atoms with E-state index in [1.165, 1.54) is 0 Å². The van der Waals surface area contributed by atoms with Crippen molar-refractivity contribution in [3.63, 3.8) is 0 Å². The number of aromatic amines is 1. The number of nitrogens with zero attached hydrogens (tertiary/aromatic N) is 1. The van der Waals surface area contributed by atoms with Gasteiger partial charge < -0.3 is 15.0 Å². The number of benzene rings is 1. The van der Waals surface area contributed by atoms with Crippen LogP contribution in [0.4, 0.5) is 0 Å². The molecule has 7 heteroatoms. The lowest BCUT2D eigenvalue weighted by Gasteiger charge is -2.35. The standard InChI is InChI=1S/C17H19BrClN3O2/c18-12-9-15(20-10-12)17(23)21-11-16(22-5-7-24-8-6-22)13-3-1-2-4-14(13)19/h1-4,9-10,16,20H,5-8,11H2,(H,21,23). The summed E-state index contributed by atoms with van der Waals surface area (Å²) in [5, 5.41) is 3.72. The van der Waals surface area contributed by atoms with Gasteiger partial charge in [-0.05, 0) is 33.6 Å². The zero-order valence-electron chi connectivity index (χ0n) is 13.1. The summed E-state index contributed by atoms with van der Waals surface area (Å²) < 4.78 is 6.29. The Hall–Kier alpha value is -1.34. The Kier molecular flexibility index (Phi) is 5.94. The summed E-state index contributed by atoms with van der Waals surface area (Å²) in [6.07, 6.45) is 1.74. The van der Waals surface area contributed by atoms with Gasteiger partial charge in [-0.15, -0.1) is 0 Å². The average Bonchev–Trinajstić information content (AvgIpc) is 3.04. The zero-order valence-corrected chi connectivity index (χ0v) is 15.4. The van der Waals surface area contributed by atoms with Crippen molar-refractivity contribution in [1.29, 1.82) is 0 Å². The summed E-state index contributed by atoms with van der Waals surface area (Å²) in [5.74, 6) is -0.133. The molecule has 0 aliphatic carbocycles. The molecule has 1 amide bonds. The van der Waals surface area contributed by atoms with Gasteiger partial charge >= 0.3 is 0 Å². The molecule has 2 heterocycles. The van der Waals surface area contributed by atoms with E-state index >= 15 is 0 Å². The number of H-pyrrole nitrogens is 1. The van der Waals surface area contributed by atoms with Crippen molar-refractivity contribution >= 4 is 33.4 Å². The fraction of sp³-hybridized carbons (Fsp3) is 0.353. The molecule has 0 radical (unpaired) electrons. The van der Waals surface area contributed by atoms with Crippen molar-refractivity contribution in [3.05, 3.63) is 57.3 Å². The van der Waals surface area contributed by atoms with Gasteiger partial charge in [-0.2, -0.15) is 0 Å². The lowest BCUT2D eigenvalue weighted by Crippen LogP contribution is -2.44. The highest BCUT2D eigenvalue weighted by molar-refractivity contribution is 9.10. The van der Waals surface area contributed by atoms with Crippen LogP contribution in [-0.4, -0.2) is 48.6 Å². The van der Waals surface area contributed by atoms with Crippen LogP contribution in [0.15, 0.2) is 41.0 Å². The minimum absolute atomic E-state index is 0.0185. The third kappa shape index (κ3) is 4.19. The maximum Gasteiger partial charge on any atom is 0.267 e. The van der Waals surface area contributed by atoms with Crippen molar-refractivity contribution in [2.75, 3.05) is 32.8 Å². The van der Waals surface area contributed by atoms with Crippen molar-refractivity contribution in [2.24, 2.45) is 0 Å². The number of amides is 1. The van der Waals surface area contributed by atoms with Gasteiger partial charge in [-0.3, -0.25) is 9.69 Å². The third-order valence-corrected chi connectivity index (χ3v) is 4.90. The van der Waals surface area contributed by atoms with E-state index in [0.717, 1.165) is 23.1 Å². The Labute approximate surface area is 154 Å². The predicted molar refractivity (Wildman–Crippen MR) is 97.4 cm³/mol. The second-order valence-electron chi connectivity index (χ2n) is 5.63. The number of halogens is 2. The number of nitrogens with one attached hydrogen (secondary N) is 2. The summed E-state index contributed by atoms with van der Waals surface area (Å²) >= 11 is 9.73. The molecule has 1 aliphatic heterocycles. The Bertz CT molecular complexity index is 701. The highest BCUT2D eigenvalue weighted by Gasteiger charge is 2.25. The molecular weight excluding hydrogens is 394 g/mol. The molecule has 0 saturated carbocycles. The van der Waals surface area contributed by atoms with Gasteiger partial charge in [0.2, 0.25) is 0 Å². The molecule has 3 rings (SSSR count). The fourth-order valence-electron chi connectivity index (χ4n) is 2.85. The topological polar surface area (TPSA) is 57.4 Å². The van der Waals surface area contributed by atoms with Crippen LogP contribution in [0.2, 0.25) is 5.02 Å². The molecule has 1 unspecified atom stereocenters. The number of ether oxygens (including phenoxy) is 1. The minimum atomic E-state index is -0.133. The average molecular weight is 413 g/mol. The van der Waals surface area contributed by atoms with Crippen LogP contribution in [0.5, 0.6) is 0 Å². The number of carbonyl (C=O) groups is 1. The Morgan fingerprint density at radius 2 is 2.12 bits per heavy atom. The monoisotopic (exact) mass is 411 g/mol. The lowest BCUT2D eigenvalue weighted by molar-refractivity contribution is 0.0162. The van der Waals surface area contributed by atoms with E-state index in [1.807, 2.05) is 24.3 Å². The van der Waals surface area contributed by atoms with E-state index in [9.17, 15) is 4.79 Å². The second-order valence-corrected chi connectivity index (χ2v) is 6.95. The normalized spacial score (nSPS) is 16.8. The lowest BCUT2D eigenvalue weighted by atomic mass is 10.0. The van der Waals surface area contributed by atoms with Crippen molar-refractivity contribution < 1.29 is 9.53 Å². The van der Waals surface area contributed by atoms with E-state index in [2.05, 4.69) is 31.1 Å². The Balaban J connectivity index is 1.74. The van der Waals surface area contributed by atoms with E-state index in [4.69, 9.17) is 16.3 Å². The maximum atomic E-state index is 12.3. The number of aromatic nitrogens is 1. The van der Waals surface area contributed by atoms with Gasteiger partial charge in [0.25, 0.3) is 5.91 Å². The van der Waals surface area contributed by atoms with Crippen LogP contribution in [0.3, 0.4) is 0 Å². The summed E-state index contributed by atoms with van der Waals surface area (Å²) in [4.78, 5) is 17.6. The molecule has 0 spiro atoms. The molecule has 0 bridgehead atoms. The molecule has 2 aromatic rings. The highest BCUT2D eigenvalue weighted by Crippen LogP contribution is 2.27. The van der Waals surface area contributed by atoms with Crippen LogP contribution >= 0.6 is 27.5 Å². The van der Waals surface area contributed by atoms with Crippen molar-refractivity contribution in [1.82, 2.24) is 15.2 Å². The number of rotatable bonds is 5. The first-order valence-corrected chi connectivity index (χ1v) is 9.00. The Morgan fingerprint density at radius 1 is 1.38 bits per heavy atom. The molecule has 2 N–H and O–H groups in total. The van der Waals surface area contributed by atoms with Gasteiger partial charge in [-0.25, -0.2) is 0 Å². The molecule has 1 saturated heterocycles. The van der Waals surface area contributed by atoms with Gasteiger partial charge in [-0.1, -0.05) is 29.8 Å². The zero-order chi connectivity index (χ0) is 16.9. The van der Waals surface area contributed by atoms with E-state index in [-0.39, 0.29) is 11.9 Å². The minimum Gasteiger partial charge on any atom is -0.379 e. The molecule has 1 aliphatic rings. The van der Waals surface area contributed by atoms with Crippen molar-refractivity contribution in [2.45, 2.75) is 6.04 Å². The number of morpholine rings is 1. The van der Waals surface area contributed by atoms with Crippen LogP contribution in [0.1, 0.15) is 22.1 Å². The highest BCUT2D eigenvalue weighted by atomic mass is 79.9. The van der Waals surface area contributed by atoms with Gasteiger partial charge in [0.15, 0.2) is 0 Å². The number of hydrogen-bond acceptors (Lipinski definition) is 3. The van der Waals surface area contributed by atoms with E-state index in [1.54, 1.807) is 12.3 Å². The van der Waals surface area contributed by atoms with Gasteiger partial charge in [0, 0.05) is 35.3 Å². The third-order valence-electron chi connectivity index (χ3n) is 4.10. The van der Waals surface area contributed by atoms with Gasteiger partial charge in [0.1, 0.15) is 5.69 Å². The molecule has 128 valence electrons. The maximum absolute atomic E-state index is 12.3. The van der Waals surface area contributed by atoms with Crippen molar-refractivity contribution in [3.8, 4) is 0 Å². The first-order valence-electron chi connectivity index (χ1n) is 7.83. The largest absolute Gasteiger partial charge is 0.379 e. The smallest absolute Gasteiger partial charge is 0.267 e. The fourth-order valence-corrected chi connectivity index (χ4v) is 3.46. The second kappa shape index (κ2) is 8.16. The van der Waals surface area contributed by atoms with Crippen LogP contribution in [0, 0.1) is 0 Å². The molecule has 1 fully saturated rings. The number of hydrogen-bond donors (Lipinski definition) is 2. The van der Waals surface area contributed by atoms with Crippen LogP contribution in [0.25, 0.3) is 0 Å². The summed E-state index contributed by atoms with van der Waals surface area (Å²) in [6, 6.07) is 9.56. The molecule has 5 nitrogen and oxygen atoms in total. The van der Waals surface area contributed by atoms with E-state index < -0.39 is 0 Å². The number of carbonyl (C=O) groups excluding carboxylic acids is 1. The Morgan fingerprint density at radius 3 is 2.79 bits per heavy atom. The van der Waals surface area contributed by atoms with E-state index in [0.29, 0.717) is 30.5 Å². The SMILES string of the molecule is O=C(NCC(c1ccccc1Cl)N1CCOCC1)c1cc(Br)c[nH]1. The summed E-state index contributed by atoms with van der Waals surface area (Å²) in [6.45, 7) is 3.51.